The maximum absolute atomic E-state index is 13.1. The summed E-state index contributed by atoms with van der Waals surface area (Å²) in [5.41, 5.74) is 1.73. The molecule has 0 radical (unpaired) electrons. The third-order valence-corrected chi connectivity index (χ3v) is 5.91. The van der Waals surface area contributed by atoms with E-state index < -0.39 is 0 Å². The lowest BCUT2D eigenvalue weighted by molar-refractivity contribution is 0.0534. The summed E-state index contributed by atoms with van der Waals surface area (Å²) in [5, 5.41) is 0.683. The number of rotatable bonds is 3. The first-order chi connectivity index (χ1) is 14.0. The van der Waals surface area contributed by atoms with Gasteiger partial charge >= 0.3 is 0 Å². The maximum atomic E-state index is 13.1. The molecule has 2 aromatic heterocycles. The van der Waals surface area contributed by atoms with Crippen molar-refractivity contribution in [1.29, 1.82) is 0 Å². The van der Waals surface area contributed by atoms with Crippen molar-refractivity contribution in [3.63, 3.8) is 0 Å². The van der Waals surface area contributed by atoms with E-state index >= 15 is 0 Å². The number of carbonyl (C=O) groups excluding carboxylic acids is 2. The Balaban J connectivity index is 1.43. The molecular formula is C20H18FN5O2S. The van der Waals surface area contributed by atoms with Gasteiger partial charge in [-0.05, 0) is 31.2 Å². The monoisotopic (exact) mass is 411 g/mol. The van der Waals surface area contributed by atoms with Crippen molar-refractivity contribution in [1.82, 2.24) is 24.8 Å². The van der Waals surface area contributed by atoms with Gasteiger partial charge in [0.1, 0.15) is 21.4 Å². The predicted molar refractivity (Wildman–Crippen MR) is 106 cm³/mol. The minimum absolute atomic E-state index is 0.0973. The number of thiazole rings is 1. The van der Waals surface area contributed by atoms with Gasteiger partial charge in [-0.15, -0.1) is 11.3 Å². The average Bonchev–Trinajstić information content (AvgIpc) is 3.15. The van der Waals surface area contributed by atoms with Gasteiger partial charge in [0.2, 0.25) is 0 Å². The minimum Gasteiger partial charge on any atom is -0.334 e. The van der Waals surface area contributed by atoms with Gasteiger partial charge in [0, 0.05) is 44.1 Å². The van der Waals surface area contributed by atoms with Gasteiger partial charge in [0.15, 0.2) is 0 Å². The van der Waals surface area contributed by atoms with E-state index in [0.717, 1.165) is 5.56 Å². The zero-order valence-corrected chi connectivity index (χ0v) is 16.5. The first-order valence-corrected chi connectivity index (χ1v) is 9.92. The molecule has 1 aliphatic rings. The summed E-state index contributed by atoms with van der Waals surface area (Å²) in [4.78, 5) is 41.9. The third-order valence-electron chi connectivity index (χ3n) is 4.72. The Morgan fingerprint density at radius 2 is 1.66 bits per heavy atom. The Bertz CT molecular complexity index is 1030. The van der Waals surface area contributed by atoms with Crippen molar-refractivity contribution in [2.75, 3.05) is 26.2 Å². The Hall–Kier alpha value is -3.20. The normalized spacial score (nSPS) is 14.1. The maximum Gasteiger partial charge on any atom is 0.274 e. The van der Waals surface area contributed by atoms with Crippen LogP contribution in [0.15, 0.2) is 42.9 Å². The number of hydrogen-bond acceptors (Lipinski definition) is 6. The van der Waals surface area contributed by atoms with Crippen LogP contribution in [0.3, 0.4) is 0 Å². The lowest BCUT2D eigenvalue weighted by Crippen LogP contribution is -2.50. The molecule has 0 saturated carbocycles. The van der Waals surface area contributed by atoms with Crippen LogP contribution in [0.25, 0.3) is 10.6 Å². The molecule has 3 heterocycles. The summed E-state index contributed by atoms with van der Waals surface area (Å²) < 4.78 is 13.1. The number of piperazine rings is 1. The second-order valence-electron chi connectivity index (χ2n) is 6.62. The number of carbonyl (C=O) groups is 2. The van der Waals surface area contributed by atoms with Crippen LogP contribution in [0.5, 0.6) is 0 Å². The van der Waals surface area contributed by atoms with Crippen LogP contribution in [-0.2, 0) is 0 Å². The highest BCUT2D eigenvalue weighted by atomic mass is 32.1. The summed E-state index contributed by atoms with van der Waals surface area (Å²) in [7, 11) is 0. The van der Waals surface area contributed by atoms with Crippen molar-refractivity contribution in [2.24, 2.45) is 0 Å². The number of aryl methyl sites for hydroxylation is 1. The van der Waals surface area contributed by atoms with Crippen molar-refractivity contribution in [2.45, 2.75) is 6.92 Å². The Kier molecular flexibility index (Phi) is 5.30. The van der Waals surface area contributed by atoms with Gasteiger partial charge in [-0.3, -0.25) is 14.6 Å². The van der Waals surface area contributed by atoms with Crippen LogP contribution < -0.4 is 0 Å². The van der Waals surface area contributed by atoms with Crippen molar-refractivity contribution in [3.05, 3.63) is 64.9 Å². The van der Waals surface area contributed by atoms with Gasteiger partial charge in [-0.2, -0.15) is 0 Å². The van der Waals surface area contributed by atoms with E-state index in [1.165, 1.54) is 42.1 Å². The molecule has 4 rings (SSSR count). The van der Waals surface area contributed by atoms with Crippen molar-refractivity contribution < 1.29 is 14.0 Å². The van der Waals surface area contributed by atoms with E-state index in [0.29, 0.717) is 47.5 Å². The smallest absolute Gasteiger partial charge is 0.274 e. The molecule has 0 atom stereocenters. The summed E-state index contributed by atoms with van der Waals surface area (Å²) in [6.45, 7) is 3.54. The zero-order chi connectivity index (χ0) is 20.4. The second-order valence-corrected chi connectivity index (χ2v) is 7.61. The molecule has 0 unspecified atom stereocenters. The molecule has 29 heavy (non-hydrogen) atoms. The van der Waals surface area contributed by atoms with E-state index in [9.17, 15) is 14.0 Å². The van der Waals surface area contributed by atoms with Crippen LogP contribution in [-0.4, -0.2) is 62.7 Å². The molecular weight excluding hydrogens is 393 g/mol. The molecule has 0 spiro atoms. The van der Waals surface area contributed by atoms with E-state index in [-0.39, 0.29) is 17.6 Å². The molecule has 1 aliphatic heterocycles. The predicted octanol–water partition coefficient (Wildman–Crippen LogP) is 2.65. The van der Waals surface area contributed by atoms with Crippen LogP contribution >= 0.6 is 11.3 Å². The van der Waals surface area contributed by atoms with Gasteiger partial charge in [-0.25, -0.2) is 14.4 Å². The van der Waals surface area contributed by atoms with E-state index in [4.69, 9.17) is 0 Å². The van der Waals surface area contributed by atoms with E-state index in [1.54, 1.807) is 28.9 Å². The fourth-order valence-corrected chi connectivity index (χ4v) is 4.18. The Morgan fingerprint density at radius 3 is 2.28 bits per heavy atom. The Labute approximate surface area is 170 Å². The largest absolute Gasteiger partial charge is 0.334 e. The first kappa shape index (κ1) is 19.1. The number of benzene rings is 1. The fourth-order valence-electron chi connectivity index (χ4n) is 3.14. The second kappa shape index (κ2) is 8.04. The van der Waals surface area contributed by atoms with Crippen molar-refractivity contribution in [3.8, 4) is 10.6 Å². The molecule has 3 aromatic rings. The number of aromatic nitrogens is 3. The van der Waals surface area contributed by atoms with Crippen LogP contribution in [0.1, 0.15) is 25.9 Å². The molecule has 148 valence electrons. The zero-order valence-electron chi connectivity index (χ0n) is 15.7. The number of amides is 2. The lowest BCUT2D eigenvalue weighted by atomic mass is 10.2. The van der Waals surface area contributed by atoms with Crippen LogP contribution in [0.2, 0.25) is 0 Å². The van der Waals surface area contributed by atoms with E-state index in [1.807, 2.05) is 0 Å². The summed E-state index contributed by atoms with van der Waals surface area (Å²) in [5.74, 6) is -0.593. The van der Waals surface area contributed by atoms with Crippen LogP contribution in [0.4, 0.5) is 4.39 Å². The molecule has 0 N–H and O–H groups in total. The lowest BCUT2D eigenvalue weighted by Gasteiger charge is -2.34. The average molecular weight is 411 g/mol. The first-order valence-electron chi connectivity index (χ1n) is 9.11. The highest BCUT2D eigenvalue weighted by Crippen LogP contribution is 2.29. The quantitative estimate of drug-likeness (QED) is 0.662. The summed E-state index contributed by atoms with van der Waals surface area (Å²) in [6, 6.07) is 6.05. The molecule has 1 aromatic carbocycles. The van der Waals surface area contributed by atoms with Crippen LogP contribution in [0, 0.1) is 12.7 Å². The van der Waals surface area contributed by atoms with Gasteiger partial charge in [0.25, 0.3) is 11.8 Å². The minimum atomic E-state index is -0.313. The molecule has 0 aliphatic carbocycles. The van der Waals surface area contributed by atoms with E-state index in [2.05, 4.69) is 15.0 Å². The number of hydrogen-bond donors (Lipinski definition) is 0. The van der Waals surface area contributed by atoms with Gasteiger partial charge < -0.3 is 9.80 Å². The third kappa shape index (κ3) is 4.00. The molecule has 7 nitrogen and oxygen atoms in total. The molecule has 1 saturated heterocycles. The van der Waals surface area contributed by atoms with Gasteiger partial charge in [-0.1, -0.05) is 0 Å². The standard InChI is InChI=1S/C20H18FN5O2S/c1-13-17(29-18(24-13)14-2-4-15(21)5-3-14)20(28)26-10-8-25(9-11-26)19(27)16-12-22-6-7-23-16/h2-7,12H,8-11H2,1H3. The highest BCUT2D eigenvalue weighted by molar-refractivity contribution is 7.17. The molecule has 2 amide bonds. The van der Waals surface area contributed by atoms with Gasteiger partial charge in [0.05, 0.1) is 11.9 Å². The fraction of sp³-hybridized carbons (Fsp3) is 0.250. The highest BCUT2D eigenvalue weighted by Gasteiger charge is 2.28. The molecule has 0 bridgehead atoms. The molecule has 9 heteroatoms. The summed E-state index contributed by atoms with van der Waals surface area (Å²) >= 11 is 1.30. The molecule has 1 fully saturated rings. The topological polar surface area (TPSA) is 79.3 Å². The SMILES string of the molecule is Cc1nc(-c2ccc(F)cc2)sc1C(=O)N1CCN(C(=O)c2cnccn2)CC1. The number of halogens is 1. The number of nitrogens with zero attached hydrogens (tertiary/aromatic N) is 5. The Morgan fingerprint density at radius 1 is 1.00 bits per heavy atom. The summed E-state index contributed by atoms with van der Waals surface area (Å²) in [6.07, 6.45) is 4.45. The van der Waals surface area contributed by atoms with Crippen molar-refractivity contribution >= 4 is 23.2 Å².